The second-order valence-corrected chi connectivity index (χ2v) is 8.93. The number of hydrogen-bond acceptors (Lipinski definition) is 4. The first kappa shape index (κ1) is 19.7. The van der Waals surface area contributed by atoms with Crippen molar-refractivity contribution in [3.05, 3.63) is 65.8 Å². The summed E-state index contributed by atoms with van der Waals surface area (Å²) in [5.74, 6) is 0.378. The number of amides is 2. The number of imide groups is 1. The molecule has 0 aliphatic carbocycles. The minimum Gasteiger partial charge on any atom is -0.494 e. The Morgan fingerprint density at radius 3 is 2.35 bits per heavy atom. The molecule has 1 saturated heterocycles. The van der Waals surface area contributed by atoms with Gasteiger partial charge in [-0.1, -0.05) is 34.1 Å². The number of thioether (sulfide) groups is 1. The quantitative estimate of drug-likeness (QED) is 0.416. The molecule has 134 valence electrons. The Balaban J connectivity index is 1.87. The zero-order valence-corrected chi connectivity index (χ0v) is 19.0. The normalized spacial score (nSPS) is 15.8. The molecule has 26 heavy (non-hydrogen) atoms. The first-order valence-electron chi connectivity index (χ1n) is 7.42. The number of carbonyl (C=O) groups is 2. The molecule has 2 amide bonds. The van der Waals surface area contributed by atoms with Crippen LogP contribution in [0.25, 0.3) is 6.08 Å². The second kappa shape index (κ2) is 8.29. The van der Waals surface area contributed by atoms with Gasteiger partial charge in [-0.05, 0) is 79.0 Å². The zero-order chi connectivity index (χ0) is 18.8. The van der Waals surface area contributed by atoms with E-state index in [1.807, 2.05) is 36.4 Å². The lowest BCUT2D eigenvalue weighted by Crippen LogP contribution is -2.27. The van der Waals surface area contributed by atoms with Crippen LogP contribution in [-0.4, -0.2) is 23.2 Å². The van der Waals surface area contributed by atoms with Crippen molar-refractivity contribution >= 4 is 76.8 Å². The maximum absolute atomic E-state index is 12.7. The molecule has 0 bridgehead atoms. The minimum atomic E-state index is -0.293. The van der Waals surface area contributed by atoms with E-state index < -0.39 is 0 Å². The minimum absolute atomic E-state index is 0.236. The van der Waals surface area contributed by atoms with E-state index in [2.05, 4.69) is 47.8 Å². The highest BCUT2D eigenvalue weighted by Crippen LogP contribution is 2.38. The largest absolute Gasteiger partial charge is 0.494 e. The SMILES string of the molecule is COc1c(Br)cc(/C=C2\SC(=O)N(Cc3ccccc3Br)C2=O)cc1Br. The van der Waals surface area contributed by atoms with Crippen LogP contribution in [0.2, 0.25) is 0 Å². The monoisotopic (exact) mass is 559 g/mol. The van der Waals surface area contributed by atoms with E-state index in [1.165, 1.54) is 4.90 Å². The molecule has 3 rings (SSSR count). The summed E-state index contributed by atoms with van der Waals surface area (Å²) in [7, 11) is 1.58. The fraction of sp³-hybridized carbons (Fsp3) is 0.111. The summed E-state index contributed by atoms with van der Waals surface area (Å²) in [5, 5.41) is -0.274. The molecule has 1 aliphatic heterocycles. The molecule has 0 aromatic heterocycles. The molecule has 0 atom stereocenters. The van der Waals surface area contributed by atoms with Crippen LogP contribution in [0.3, 0.4) is 0 Å². The van der Waals surface area contributed by atoms with E-state index in [0.717, 1.165) is 36.3 Å². The number of nitrogens with zero attached hydrogens (tertiary/aromatic N) is 1. The fourth-order valence-electron chi connectivity index (χ4n) is 2.44. The molecule has 1 fully saturated rings. The number of ether oxygens (including phenoxy) is 1. The maximum Gasteiger partial charge on any atom is 0.293 e. The number of halogens is 3. The van der Waals surface area contributed by atoms with Crippen molar-refractivity contribution < 1.29 is 14.3 Å². The van der Waals surface area contributed by atoms with Gasteiger partial charge in [0.25, 0.3) is 11.1 Å². The van der Waals surface area contributed by atoms with Gasteiger partial charge in [-0.15, -0.1) is 0 Å². The van der Waals surface area contributed by atoms with Gasteiger partial charge >= 0.3 is 0 Å². The Morgan fingerprint density at radius 2 is 1.73 bits per heavy atom. The van der Waals surface area contributed by atoms with E-state index in [1.54, 1.807) is 13.2 Å². The molecule has 0 N–H and O–H groups in total. The number of methoxy groups -OCH3 is 1. The van der Waals surface area contributed by atoms with E-state index in [-0.39, 0.29) is 17.7 Å². The predicted octanol–water partition coefficient (Wildman–Crippen LogP) is 6.22. The lowest BCUT2D eigenvalue weighted by molar-refractivity contribution is -0.123. The highest BCUT2D eigenvalue weighted by Gasteiger charge is 2.35. The van der Waals surface area contributed by atoms with Crippen LogP contribution >= 0.6 is 59.6 Å². The number of hydrogen-bond donors (Lipinski definition) is 0. The highest BCUT2D eigenvalue weighted by atomic mass is 79.9. The third-order valence-corrected chi connectivity index (χ3v) is 6.54. The van der Waals surface area contributed by atoms with Gasteiger partial charge in [-0.3, -0.25) is 14.5 Å². The second-order valence-electron chi connectivity index (χ2n) is 5.38. The molecule has 2 aromatic carbocycles. The topological polar surface area (TPSA) is 46.6 Å². The van der Waals surface area contributed by atoms with Gasteiger partial charge < -0.3 is 4.74 Å². The van der Waals surface area contributed by atoms with Crippen LogP contribution in [0.4, 0.5) is 4.79 Å². The van der Waals surface area contributed by atoms with Crippen molar-refractivity contribution in [2.75, 3.05) is 7.11 Å². The van der Waals surface area contributed by atoms with E-state index in [9.17, 15) is 9.59 Å². The van der Waals surface area contributed by atoms with Gasteiger partial charge in [-0.2, -0.15) is 0 Å². The van der Waals surface area contributed by atoms with Gasteiger partial charge in [-0.25, -0.2) is 0 Å². The summed E-state index contributed by atoms with van der Waals surface area (Å²) >= 11 is 11.3. The summed E-state index contributed by atoms with van der Waals surface area (Å²) in [6.45, 7) is 0.236. The average Bonchev–Trinajstić information content (AvgIpc) is 2.84. The van der Waals surface area contributed by atoms with Gasteiger partial charge in [0.1, 0.15) is 5.75 Å². The molecule has 1 heterocycles. The van der Waals surface area contributed by atoms with Crippen molar-refractivity contribution in [1.82, 2.24) is 4.90 Å². The molecular formula is C18H12Br3NO3S. The Hall–Kier alpha value is -1.09. The molecule has 0 unspecified atom stereocenters. The summed E-state index contributed by atoms with van der Waals surface area (Å²) in [6, 6.07) is 11.2. The average molecular weight is 562 g/mol. The van der Waals surface area contributed by atoms with Crippen LogP contribution < -0.4 is 4.74 Å². The smallest absolute Gasteiger partial charge is 0.293 e. The molecule has 0 spiro atoms. The summed E-state index contributed by atoms with van der Waals surface area (Å²) in [6.07, 6.45) is 1.71. The van der Waals surface area contributed by atoms with E-state index in [0.29, 0.717) is 10.7 Å². The van der Waals surface area contributed by atoms with Crippen molar-refractivity contribution in [2.24, 2.45) is 0 Å². The molecule has 1 aliphatic rings. The lowest BCUT2D eigenvalue weighted by Gasteiger charge is -2.13. The molecule has 4 nitrogen and oxygen atoms in total. The van der Waals surface area contributed by atoms with Crippen LogP contribution in [0.1, 0.15) is 11.1 Å². The van der Waals surface area contributed by atoms with Crippen molar-refractivity contribution in [2.45, 2.75) is 6.54 Å². The highest BCUT2D eigenvalue weighted by molar-refractivity contribution is 9.11. The molecular weight excluding hydrogens is 550 g/mol. The lowest BCUT2D eigenvalue weighted by atomic mass is 10.2. The number of carbonyl (C=O) groups excluding carboxylic acids is 2. The Morgan fingerprint density at radius 1 is 1.08 bits per heavy atom. The Labute approximate surface area is 180 Å². The van der Waals surface area contributed by atoms with Gasteiger partial charge in [0, 0.05) is 4.47 Å². The molecule has 0 saturated carbocycles. The summed E-state index contributed by atoms with van der Waals surface area (Å²) in [4.78, 5) is 26.6. The van der Waals surface area contributed by atoms with Crippen LogP contribution in [0, 0.1) is 0 Å². The van der Waals surface area contributed by atoms with Crippen LogP contribution in [0.15, 0.2) is 54.7 Å². The molecule has 8 heteroatoms. The third-order valence-electron chi connectivity index (χ3n) is 3.68. The van der Waals surface area contributed by atoms with Gasteiger partial charge in [0.05, 0.1) is 27.5 Å². The summed E-state index contributed by atoms with van der Waals surface area (Å²) < 4.78 is 7.66. The standard InChI is InChI=1S/C18H12Br3NO3S/c1-25-16-13(20)6-10(7-14(16)21)8-15-17(23)22(18(24)26-15)9-11-4-2-3-5-12(11)19/h2-8H,9H2,1H3/b15-8-. The molecule has 2 aromatic rings. The first-order valence-corrected chi connectivity index (χ1v) is 10.6. The van der Waals surface area contributed by atoms with Gasteiger partial charge in [0.15, 0.2) is 0 Å². The maximum atomic E-state index is 12.7. The third kappa shape index (κ3) is 4.08. The Kier molecular flexibility index (Phi) is 6.27. The zero-order valence-electron chi connectivity index (χ0n) is 13.5. The van der Waals surface area contributed by atoms with E-state index in [4.69, 9.17) is 4.74 Å². The Bertz CT molecular complexity index is 907. The number of rotatable bonds is 4. The van der Waals surface area contributed by atoms with Crippen molar-refractivity contribution in [3.63, 3.8) is 0 Å². The fourth-order valence-corrected chi connectivity index (χ4v) is 5.24. The predicted molar refractivity (Wildman–Crippen MR) is 114 cm³/mol. The van der Waals surface area contributed by atoms with Crippen molar-refractivity contribution in [1.29, 1.82) is 0 Å². The molecule has 0 radical (unpaired) electrons. The first-order chi connectivity index (χ1) is 12.4. The summed E-state index contributed by atoms with van der Waals surface area (Å²) in [5.41, 5.74) is 1.67. The van der Waals surface area contributed by atoms with Crippen molar-refractivity contribution in [3.8, 4) is 5.75 Å². The van der Waals surface area contributed by atoms with Crippen LogP contribution in [-0.2, 0) is 11.3 Å². The van der Waals surface area contributed by atoms with Crippen LogP contribution in [0.5, 0.6) is 5.75 Å². The number of benzene rings is 2. The van der Waals surface area contributed by atoms with E-state index >= 15 is 0 Å². The van der Waals surface area contributed by atoms with Gasteiger partial charge in [0.2, 0.25) is 0 Å².